The predicted octanol–water partition coefficient (Wildman–Crippen LogP) is 2.37. The molecular formula is C18H25N5O2. The fraction of sp³-hybridized carbons (Fsp3) is 0.444. The first-order valence-electron chi connectivity index (χ1n) is 8.52. The Morgan fingerprint density at radius 2 is 1.92 bits per heavy atom. The summed E-state index contributed by atoms with van der Waals surface area (Å²) in [5.41, 5.74) is 7.05. The lowest BCUT2D eigenvalue weighted by Gasteiger charge is -2.16. The van der Waals surface area contributed by atoms with E-state index in [1.807, 2.05) is 31.2 Å². The van der Waals surface area contributed by atoms with Crippen LogP contribution in [0.1, 0.15) is 62.1 Å². The summed E-state index contributed by atoms with van der Waals surface area (Å²) in [5.74, 6) is -0.150. The molecule has 0 saturated carbocycles. The van der Waals surface area contributed by atoms with Crippen molar-refractivity contribution < 1.29 is 9.59 Å². The molecule has 0 aliphatic carbocycles. The molecule has 1 aromatic heterocycles. The third-order valence-electron chi connectivity index (χ3n) is 4.10. The van der Waals surface area contributed by atoms with E-state index in [0.29, 0.717) is 12.3 Å². The standard InChI is InChI=1S/C18H25N5O2/c1-4-5-12(2)10-17(24)20-13(3)14-6-8-15(9-7-14)23-11-16(18(19)25)21-22-23/h6-9,11-13H,4-5,10H2,1-3H3,(H2,19,25)(H,20,24)/t12-,13+/m0/s1. The van der Waals surface area contributed by atoms with Crippen LogP contribution < -0.4 is 11.1 Å². The van der Waals surface area contributed by atoms with E-state index in [0.717, 1.165) is 24.1 Å². The molecule has 0 saturated heterocycles. The first-order valence-corrected chi connectivity index (χ1v) is 8.52. The molecule has 25 heavy (non-hydrogen) atoms. The monoisotopic (exact) mass is 343 g/mol. The molecule has 1 aromatic carbocycles. The lowest BCUT2D eigenvalue weighted by molar-refractivity contribution is -0.122. The summed E-state index contributed by atoms with van der Waals surface area (Å²) in [6, 6.07) is 7.48. The Morgan fingerprint density at radius 1 is 1.24 bits per heavy atom. The van der Waals surface area contributed by atoms with Gasteiger partial charge >= 0.3 is 0 Å². The van der Waals surface area contributed by atoms with Crippen LogP contribution in [-0.4, -0.2) is 26.8 Å². The molecule has 2 rings (SSSR count). The molecule has 2 amide bonds. The zero-order chi connectivity index (χ0) is 18.4. The van der Waals surface area contributed by atoms with Crippen molar-refractivity contribution in [3.8, 4) is 5.69 Å². The van der Waals surface area contributed by atoms with Gasteiger partial charge in [-0.2, -0.15) is 0 Å². The molecule has 0 spiro atoms. The first-order chi connectivity index (χ1) is 11.9. The van der Waals surface area contributed by atoms with Gasteiger partial charge in [-0.3, -0.25) is 9.59 Å². The van der Waals surface area contributed by atoms with Gasteiger partial charge in [0.1, 0.15) is 0 Å². The lowest BCUT2D eigenvalue weighted by atomic mass is 10.0. The Hall–Kier alpha value is -2.70. The summed E-state index contributed by atoms with van der Waals surface area (Å²) < 4.78 is 1.49. The molecule has 0 bridgehead atoms. The quantitative estimate of drug-likeness (QED) is 0.768. The molecule has 7 nitrogen and oxygen atoms in total. The van der Waals surface area contributed by atoms with Crippen molar-refractivity contribution in [3.63, 3.8) is 0 Å². The lowest BCUT2D eigenvalue weighted by Crippen LogP contribution is -2.27. The summed E-state index contributed by atoms with van der Waals surface area (Å²) in [4.78, 5) is 23.2. The Balaban J connectivity index is 1.98. The minimum Gasteiger partial charge on any atom is -0.364 e. The van der Waals surface area contributed by atoms with Crippen molar-refractivity contribution in [2.24, 2.45) is 11.7 Å². The highest BCUT2D eigenvalue weighted by Gasteiger charge is 2.13. The summed E-state index contributed by atoms with van der Waals surface area (Å²) in [6.07, 6.45) is 4.18. The second kappa shape index (κ2) is 8.41. The van der Waals surface area contributed by atoms with Crippen LogP contribution in [0.3, 0.4) is 0 Å². The average Bonchev–Trinajstić information content (AvgIpc) is 3.05. The van der Waals surface area contributed by atoms with E-state index in [9.17, 15) is 9.59 Å². The Morgan fingerprint density at radius 3 is 2.48 bits per heavy atom. The number of rotatable bonds is 8. The second-order valence-electron chi connectivity index (χ2n) is 6.39. The van der Waals surface area contributed by atoms with E-state index in [2.05, 4.69) is 29.5 Å². The van der Waals surface area contributed by atoms with E-state index < -0.39 is 5.91 Å². The molecule has 2 aromatic rings. The van der Waals surface area contributed by atoms with Crippen molar-refractivity contribution in [2.75, 3.05) is 0 Å². The van der Waals surface area contributed by atoms with E-state index >= 15 is 0 Å². The maximum atomic E-state index is 12.1. The van der Waals surface area contributed by atoms with Crippen LogP contribution in [0.4, 0.5) is 0 Å². The van der Waals surface area contributed by atoms with E-state index in [1.54, 1.807) is 0 Å². The molecule has 134 valence electrons. The van der Waals surface area contributed by atoms with E-state index in [1.165, 1.54) is 10.9 Å². The molecule has 1 heterocycles. The summed E-state index contributed by atoms with van der Waals surface area (Å²) in [6.45, 7) is 6.18. The molecule has 0 aliphatic heterocycles. The van der Waals surface area contributed by atoms with Gasteiger partial charge in [0.05, 0.1) is 17.9 Å². The fourth-order valence-electron chi connectivity index (χ4n) is 2.71. The normalized spacial score (nSPS) is 13.2. The SMILES string of the molecule is CCC[C@H](C)CC(=O)N[C@H](C)c1ccc(-n2cc(C(N)=O)nn2)cc1. The Bertz CT molecular complexity index is 723. The van der Waals surface area contributed by atoms with Gasteiger partial charge in [-0.05, 0) is 30.5 Å². The highest BCUT2D eigenvalue weighted by molar-refractivity contribution is 5.90. The van der Waals surface area contributed by atoms with Crippen LogP contribution in [0.25, 0.3) is 5.69 Å². The third-order valence-corrected chi connectivity index (χ3v) is 4.10. The Labute approximate surface area is 147 Å². The first kappa shape index (κ1) is 18.6. The van der Waals surface area contributed by atoms with Crippen molar-refractivity contribution in [2.45, 2.75) is 46.1 Å². The van der Waals surface area contributed by atoms with E-state index in [-0.39, 0.29) is 17.6 Å². The van der Waals surface area contributed by atoms with Crippen LogP contribution >= 0.6 is 0 Å². The third kappa shape index (κ3) is 5.14. The second-order valence-corrected chi connectivity index (χ2v) is 6.39. The minimum absolute atomic E-state index is 0.0694. The highest BCUT2D eigenvalue weighted by atomic mass is 16.2. The minimum atomic E-state index is -0.614. The number of hydrogen-bond donors (Lipinski definition) is 2. The zero-order valence-corrected chi connectivity index (χ0v) is 14.9. The maximum Gasteiger partial charge on any atom is 0.270 e. The van der Waals surface area contributed by atoms with E-state index in [4.69, 9.17) is 5.73 Å². The molecule has 0 aliphatic rings. The van der Waals surface area contributed by atoms with Gasteiger partial charge in [0, 0.05) is 6.42 Å². The number of amides is 2. The van der Waals surface area contributed by atoms with Gasteiger partial charge in [-0.15, -0.1) is 5.10 Å². The average molecular weight is 343 g/mol. The van der Waals surface area contributed by atoms with Crippen molar-refractivity contribution in [1.82, 2.24) is 20.3 Å². The smallest absolute Gasteiger partial charge is 0.270 e. The van der Waals surface area contributed by atoms with Crippen LogP contribution in [0.5, 0.6) is 0 Å². The van der Waals surface area contributed by atoms with Crippen molar-refractivity contribution in [3.05, 3.63) is 41.7 Å². The molecule has 3 N–H and O–H groups in total. The topological polar surface area (TPSA) is 103 Å². The summed E-state index contributed by atoms with van der Waals surface area (Å²) in [7, 11) is 0. The van der Waals surface area contributed by atoms with Gasteiger partial charge in [0.25, 0.3) is 5.91 Å². The zero-order valence-electron chi connectivity index (χ0n) is 14.9. The number of carbonyl (C=O) groups excluding carboxylic acids is 2. The van der Waals surface area contributed by atoms with Crippen molar-refractivity contribution in [1.29, 1.82) is 0 Å². The number of benzene rings is 1. The van der Waals surface area contributed by atoms with Gasteiger partial charge in [-0.25, -0.2) is 4.68 Å². The summed E-state index contributed by atoms with van der Waals surface area (Å²) in [5, 5.41) is 10.6. The van der Waals surface area contributed by atoms with Crippen molar-refractivity contribution >= 4 is 11.8 Å². The number of nitrogens with two attached hydrogens (primary N) is 1. The molecule has 0 fully saturated rings. The molecule has 0 unspecified atom stereocenters. The van der Waals surface area contributed by atoms with Gasteiger partial charge in [0.15, 0.2) is 5.69 Å². The van der Waals surface area contributed by atoms with Crippen LogP contribution in [0.15, 0.2) is 30.5 Å². The van der Waals surface area contributed by atoms with Crippen LogP contribution in [0, 0.1) is 5.92 Å². The molecule has 7 heteroatoms. The van der Waals surface area contributed by atoms with Gasteiger partial charge < -0.3 is 11.1 Å². The van der Waals surface area contributed by atoms with Crippen LogP contribution in [-0.2, 0) is 4.79 Å². The Kier molecular flexibility index (Phi) is 6.27. The number of primary amides is 1. The number of hydrogen-bond acceptors (Lipinski definition) is 4. The fourth-order valence-corrected chi connectivity index (χ4v) is 2.71. The summed E-state index contributed by atoms with van der Waals surface area (Å²) >= 11 is 0. The molecule has 2 atom stereocenters. The largest absolute Gasteiger partial charge is 0.364 e. The number of nitrogens with one attached hydrogen (secondary N) is 1. The molecular weight excluding hydrogens is 318 g/mol. The predicted molar refractivity (Wildman–Crippen MR) is 95.1 cm³/mol. The number of carbonyl (C=O) groups is 2. The van der Waals surface area contributed by atoms with Gasteiger partial charge in [-0.1, -0.05) is 44.0 Å². The highest BCUT2D eigenvalue weighted by Crippen LogP contribution is 2.17. The van der Waals surface area contributed by atoms with Gasteiger partial charge in [0.2, 0.25) is 5.91 Å². The number of nitrogens with zero attached hydrogens (tertiary/aromatic N) is 3. The molecule has 0 radical (unpaired) electrons. The number of aromatic nitrogens is 3. The van der Waals surface area contributed by atoms with Crippen LogP contribution in [0.2, 0.25) is 0 Å². The maximum absolute atomic E-state index is 12.1.